The molecule has 19 heavy (non-hydrogen) atoms. The Morgan fingerprint density at radius 1 is 1.26 bits per heavy atom. The molecule has 96 valence electrons. The molecule has 3 aromatic heterocycles. The molecule has 1 N–H and O–H groups in total. The van der Waals surface area contributed by atoms with Crippen LogP contribution in [0.15, 0.2) is 12.7 Å². The van der Waals surface area contributed by atoms with Gasteiger partial charge < -0.3 is 14.5 Å². The maximum absolute atomic E-state index is 5.94. The second-order valence-corrected chi connectivity index (χ2v) is 4.62. The van der Waals surface area contributed by atoms with Gasteiger partial charge in [-0.2, -0.15) is 9.97 Å². The summed E-state index contributed by atoms with van der Waals surface area (Å²) in [5.41, 5.74) is 1.36. The second-order valence-electron chi connectivity index (χ2n) is 4.28. The molecular formula is C10H9ClN8. The van der Waals surface area contributed by atoms with Crippen molar-refractivity contribution in [3.63, 3.8) is 0 Å². The molecule has 9 heteroatoms. The molecule has 0 saturated carbocycles. The minimum atomic E-state index is 0.196. The highest BCUT2D eigenvalue weighted by Gasteiger charge is 2.22. The van der Waals surface area contributed by atoms with Gasteiger partial charge in [0.05, 0.1) is 12.9 Å². The zero-order valence-corrected chi connectivity index (χ0v) is 10.5. The van der Waals surface area contributed by atoms with Crippen LogP contribution in [0.5, 0.6) is 0 Å². The van der Waals surface area contributed by atoms with E-state index in [1.807, 2.05) is 4.57 Å². The van der Waals surface area contributed by atoms with Gasteiger partial charge in [-0.15, -0.1) is 10.2 Å². The molecule has 0 atom stereocenters. The van der Waals surface area contributed by atoms with E-state index in [1.165, 1.54) is 0 Å². The zero-order chi connectivity index (χ0) is 12.8. The van der Waals surface area contributed by atoms with Crippen LogP contribution in [0.4, 0.5) is 5.82 Å². The lowest BCUT2D eigenvalue weighted by Crippen LogP contribution is -2.34. The quantitative estimate of drug-likeness (QED) is 0.656. The second kappa shape index (κ2) is 3.89. The highest BCUT2D eigenvalue weighted by Crippen LogP contribution is 2.25. The maximum atomic E-state index is 5.94. The largest absolute Gasteiger partial charge is 0.345 e. The summed E-state index contributed by atoms with van der Waals surface area (Å²) in [6.07, 6.45) is 3.33. The number of imidazole rings is 1. The van der Waals surface area contributed by atoms with E-state index in [2.05, 4.69) is 35.0 Å². The predicted octanol–water partition coefficient (Wildman–Crippen LogP) is 0.618. The Kier molecular flexibility index (Phi) is 2.18. The van der Waals surface area contributed by atoms with Crippen molar-refractivity contribution in [3.05, 3.63) is 23.8 Å². The van der Waals surface area contributed by atoms with Crippen LogP contribution in [-0.2, 0) is 13.1 Å². The highest BCUT2D eigenvalue weighted by molar-refractivity contribution is 6.28. The molecule has 4 heterocycles. The van der Waals surface area contributed by atoms with Crippen molar-refractivity contribution in [2.45, 2.75) is 13.1 Å². The van der Waals surface area contributed by atoms with Gasteiger partial charge in [0.1, 0.15) is 11.8 Å². The third-order valence-corrected chi connectivity index (χ3v) is 3.35. The van der Waals surface area contributed by atoms with Crippen molar-refractivity contribution >= 4 is 28.6 Å². The maximum Gasteiger partial charge on any atom is 0.226 e. The number of halogens is 1. The monoisotopic (exact) mass is 276 g/mol. The number of nitrogens with one attached hydrogen (secondary N) is 1. The summed E-state index contributed by atoms with van der Waals surface area (Å²) < 4.78 is 2.03. The third-order valence-electron chi connectivity index (χ3n) is 3.18. The number of fused-ring (bicyclic) bond motifs is 2. The summed E-state index contributed by atoms with van der Waals surface area (Å²) >= 11 is 5.94. The summed E-state index contributed by atoms with van der Waals surface area (Å²) in [4.78, 5) is 17.6. The number of nitrogens with zero attached hydrogens (tertiary/aromatic N) is 7. The number of rotatable bonds is 1. The van der Waals surface area contributed by atoms with Gasteiger partial charge in [-0.05, 0) is 11.6 Å². The molecule has 3 aromatic rings. The fourth-order valence-electron chi connectivity index (χ4n) is 2.27. The molecule has 0 fully saturated rings. The molecular weight excluding hydrogens is 268 g/mol. The van der Waals surface area contributed by atoms with E-state index in [4.69, 9.17) is 11.6 Å². The molecule has 4 rings (SSSR count). The van der Waals surface area contributed by atoms with Gasteiger partial charge in [0.15, 0.2) is 17.3 Å². The Hall–Kier alpha value is -2.22. The first-order valence-electron chi connectivity index (χ1n) is 5.79. The summed E-state index contributed by atoms with van der Waals surface area (Å²) in [7, 11) is 0. The van der Waals surface area contributed by atoms with E-state index >= 15 is 0 Å². The first-order valence-corrected chi connectivity index (χ1v) is 6.17. The molecule has 1 aliphatic rings. The lowest BCUT2D eigenvalue weighted by molar-refractivity contribution is 0.557. The predicted molar refractivity (Wildman–Crippen MR) is 67.8 cm³/mol. The number of aromatic nitrogens is 7. The van der Waals surface area contributed by atoms with Gasteiger partial charge in [-0.3, -0.25) is 0 Å². The molecule has 0 spiro atoms. The summed E-state index contributed by atoms with van der Waals surface area (Å²) in [5.74, 6) is 1.66. The molecule has 0 saturated heterocycles. The topological polar surface area (TPSA) is 88.4 Å². The Morgan fingerprint density at radius 2 is 2.21 bits per heavy atom. The Balaban J connectivity index is 1.81. The zero-order valence-electron chi connectivity index (χ0n) is 9.78. The summed E-state index contributed by atoms with van der Waals surface area (Å²) in [5, 5.41) is 8.20. The minimum Gasteiger partial charge on any atom is -0.345 e. The standard InChI is InChI=1S/C10H9ClN8/c11-10-15-8-7(12-4-13-8)9(16-10)18-1-2-19-5-14-17-6(19)3-18/h4-5H,1-3H2,(H,12,13,15,16). The SMILES string of the molecule is Clc1nc(N2CCn3cnnc3C2)c2[nH]cnc2n1. The number of H-pyrrole nitrogens is 1. The van der Waals surface area contributed by atoms with Crippen molar-refractivity contribution < 1.29 is 0 Å². The molecule has 0 radical (unpaired) electrons. The van der Waals surface area contributed by atoms with Gasteiger partial charge in [0.2, 0.25) is 5.28 Å². The Bertz CT molecular complexity index is 747. The first-order chi connectivity index (χ1) is 9.31. The van der Waals surface area contributed by atoms with E-state index in [9.17, 15) is 0 Å². The van der Waals surface area contributed by atoms with Crippen LogP contribution in [0, 0.1) is 0 Å². The molecule has 0 aromatic carbocycles. The lowest BCUT2D eigenvalue weighted by atomic mass is 10.3. The first kappa shape index (κ1) is 10.7. The van der Waals surface area contributed by atoms with Crippen LogP contribution >= 0.6 is 11.6 Å². The highest BCUT2D eigenvalue weighted by atomic mass is 35.5. The van der Waals surface area contributed by atoms with Crippen molar-refractivity contribution in [1.82, 2.24) is 34.7 Å². The van der Waals surface area contributed by atoms with Crippen LogP contribution in [0.3, 0.4) is 0 Å². The average Bonchev–Trinajstić information content (AvgIpc) is 3.04. The van der Waals surface area contributed by atoms with Crippen LogP contribution in [0.2, 0.25) is 5.28 Å². The number of hydrogen-bond donors (Lipinski definition) is 1. The summed E-state index contributed by atoms with van der Waals surface area (Å²) in [6.45, 7) is 2.27. The van der Waals surface area contributed by atoms with Gasteiger partial charge in [0.25, 0.3) is 0 Å². The minimum absolute atomic E-state index is 0.196. The van der Waals surface area contributed by atoms with Crippen molar-refractivity contribution in [1.29, 1.82) is 0 Å². The fraction of sp³-hybridized carbons (Fsp3) is 0.300. The Morgan fingerprint density at radius 3 is 3.16 bits per heavy atom. The van der Waals surface area contributed by atoms with Crippen molar-refractivity contribution in [2.75, 3.05) is 11.4 Å². The number of anilines is 1. The normalized spacial score (nSPS) is 14.9. The van der Waals surface area contributed by atoms with Crippen LogP contribution < -0.4 is 4.90 Å². The van der Waals surface area contributed by atoms with Crippen LogP contribution in [-0.4, -0.2) is 41.2 Å². The molecule has 0 bridgehead atoms. The number of hydrogen-bond acceptors (Lipinski definition) is 6. The van der Waals surface area contributed by atoms with Gasteiger partial charge in [-0.25, -0.2) is 4.98 Å². The smallest absolute Gasteiger partial charge is 0.226 e. The van der Waals surface area contributed by atoms with E-state index in [0.29, 0.717) is 12.2 Å². The molecule has 0 aliphatic carbocycles. The fourth-order valence-corrected chi connectivity index (χ4v) is 2.43. The van der Waals surface area contributed by atoms with E-state index in [0.717, 1.165) is 30.2 Å². The number of aromatic amines is 1. The third kappa shape index (κ3) is 1.64. The van der Waals surface area contributed by atoms with Crippen LogP contribution in [0.25, 0.3) is 11.2 Å². The summed E-state index contributed by atoms with van der Waals surface area (Å²) in [6, 6.07) is 0. The van der Waals surface area contributed by atoms with Crippen LogP contribution in [0.1, 0.15) is 5.82 Å². The molecule has 0 unspecified atom stereocenters. The van der Waals surface area contributed by atoms with Gasteiger partial charge in [-0.1, -0.05) is 0 Å². The van der Waals surface area contributed by atoms with E-state index in [-0.39, 0.29) is 5.28 Å². The van der Waals surface area contributed by atoms with E-state index in [1.54, 1.807) is 12.7 Å². The van der Waals surface area contributed by atoms with E-state index < -0.39 is 0 Å². The average molecular weight is 277 g/mol. The Labute approximate surface area is 112 Å². The molecule has 0 amide bonds. The molecule has 1 aliphatic heterocycles. The molecule has 8 nitrogen and oxygen atoms in total. The lowest BCUT2D eigenvalue weighted by Gasteiger charge is -2.28. The van der Waals surface area contributed by atoms with Gasteiger partial charge in [0, 0.05) is 13.1 Å². The van der Waals surface area contributed by atoms with Crippen molar-refractivity contribution in [3.8, 4) is 0 Å². The van der Waals surface area contributed by atoms with Gasteiger partial charge >= 0.3 is 0 Å². The van der Waals surface area contributed by atoms with Crippen molar-refractivity contribution in [2.24, 2.45) is 0 Å².